The van der Waals surface area contributed by atoms with Crippen LogP contribution in [0.15, 0.2) is 23.2 Å². The first-order valence-electron chi connectivity index (χ1n) is 10.3. The monoisotopic (exact) mass is 416 g/mol. The van der Waals surface area contributed by atoms with Crippen LogP contribution in [0.2, 0.25) is 0 Å². The largest absolute Gasteiger partial charge is 0.488 e. The second-order valence-electron chi connectivity index (χ2n) is 7.28. The van der Waals surface area contributed by atoms with Crippen molar-refractivity contribution in [3.63, 3.8) is 0 Å². The Morgan fingerprint density at radius 2 is 2.21 bits per heavy atom. The first-order chi connectivity index (χ1) is 14.1. The van der Waals surface area contributed by atoms with Crippen LogP contribution < -0.4 is 15.4 Å². The highest BCUT2D eigenvalue weighted by Gasteiger charge is 2.18. The number of aryl methyl sites for hydroxylation is 3. The smallest absolute Gasteiger partial charge is 0.191 e. The fourth-order valence-corrected chi connectivity index (χ4v) is 4.33. The molecule has 0 bridgehead atoms. The van der Waals surface area contributed by atoms with Crippen LogP contribution >= 0.6 is 11.3 Å². The van der Waals surface area contributed by atoms with E-state index >= 15 is 0 Å². The molecular formula is C22H32N4O2S. The summed E-state index contributed by atoms with van der Waals surface area (Å²) in [4.78, 5) is 10.4. The normalized spacial score (nSPS) is 16.8. The van der Waals surface area contributed by atoms with Crippen LogP contribution in [0.1, 0.15) is 40.1 Å². The first kappa shape index (κ1) is 21.6. The third kappa shape index (κ3) is 6.18. The van der Waals surface area contributed by atoms with E-state index in [0.29, 0.717) is 13.2 Å². The first-order valence-corrected chi connectivity index (χ1v) is 11.1. The molecule has 3 rings (SSSR count). The predicted octanol–water partition coefficient (Wildman–Crippen LogP) is 3.40. The molecule has 1 aliphatic heterocycles. The van der Waals surface area contributed by atoms with E-state index in [1.54, 1.807) is 18.4 Å². The van der Waals surface area contributed by atoms with E-state index < -0.39 is 0 Å². The molecule has 1 aromatic heterocycles. The minimum Gasteiger partial charge on any atom is -0.488 e. The molecule has 0 saturated carbocycles. The molecule has 0 spiro atoms. The third-order valence-electron chi connectivity index (χ3n) is 4.98. The standard InChI is InChI=1S/C22H32N4O2S/c1-5-19-16(3)29-21(26-19)8-10-24-22(23-4)25-13-17-7-6-15(2)12-20(17)28-18-9-11-27-14-18/h6-7,12,18H,5,8-11,13-14H2,1-4H3,(H2,23,24,25). The van der Waals surface area contributed by atoms with Gasteiger partial charge in [-0.1, -0.05) is 19.1 Å². The van der Waals surface area contributed by atoms with Gasteiger partial charge in [0.15, 0.2) is 5.96 Å². The van der Waals surface area contributed by atoms with Crippen LogP contribution in [0.3, 0.4) is 0 Å². The molecule has 1 atom stereocenters. The Hall–Kier alpha value is -2.12. The molecule has 1 aromatic carbocycles. The summed E-state index contributed by atoms with van der Waals surface area (Å²) in [6.07, 6.45) is 2.97. The van der Waals surface area contributed by atoms with Crippen LogP contribution in [-0.4, -0.2) is 43.9 Å². The maximum Gasteiger partial charge on any atom is 0.191 e. The predicted molar refractivity (Wildman–Crippen MR) is 119 cm³/mol. The third-order valence-corrected chi connectivity index (χ3v) is 6.05. The van der Waals surface area contributed by atoms with E-state index in [9.17, 15) is 0 Å². The van der Waals surface area contributed by atoms with Gasteiger partial charge in [0.2, 0.25) is 0 Å². The number of thiazole rings is 1. The zero-order chi connectivity index (χ0) is 20.6. The highest BCUT2D eigenvalue weighted by Crippen LogP contribution is 2.24. The summed E-state index contributed by atoms with van der Waals surface area (Å²) >= 11 is 1.79. The quantitative estimate of drug-likeness (QED) is 0.510. The fourth-order valence-electron chi connectivity index (χ4n) is 3.31. The summed E-state index contributed by atoms with van der Waals surface area (Å²) in [5.74, 6) is 1.71. The van der Waals surface area contributed by atoms with Gasteiger partial charge in [-0.2, -0.15) is 0 Å². The number of guanidine groups is 1. The molecule has 7 heteroatoms. The molecule has 0 radical (unpaired) electrons. The molecule has 1 fully saturated rings. The van der Waals surface area contributed by atoms with Crippen molar-refractivity contribution in [2.45, 2.75) is 52.7 Å². The summed E-state index contributed by atoms with van der Waals surface area (Å²) in [7, 11) is 1.79. The Kier molecular flexibility index (Phi) is 7.89. The van der Waals surface area contributed by atoms with E-state index in [4.69, 9.17) is 14.5 Å². The Balaban J connectivity index is 1.52. The van der Waals surface area contributed by atoms with Gasteiger partial charge >= 0.3 is 0 Å². The summed E-state index contributed by atoms with van der Waals surface area (Å²) in [5.41, 5.74) is 3.52. The highest BCUT2D eigenvalue weighted by molar-refractivity contribution is 7.11. The molecule has 158 valence electrons. The van der Waals surface area contributed by atoms with Crippen LogP contribution in [-0.2, 0) is 24.1 Å². The second-order valence-corrected chi connectivity index (χ2v) is 8.57. The van der Waals surface area contributed by atoms with Gasteiger partial charge in [0.25, 0.3) is 0 Å². The van der Waals surface area contributed by atoms with Crippen molar-refractivity contribution in [3.8, 4) is 5.75 Å². The van der Waals surface area contributed by atoms with Gasteiger partial charge in [-0.05, 0) is 31.9 Å². The number of benzene rings is 1. The minimum absolute atomic E-state index is 0.141. The van der Waals surface area contributed by atoms with Crippen molar-refractivity contribution < 1.29 is 9.47 Å². The fraction of sp³-hybridized carbons (Fsp3) is 0.545. The van der Waals surface area contributed by atoms with Gasteiger partial charge in [-0.25, -0.2) is 4.98 Å². The van der Waals surface area contributed by atoms with E-state index in [2.05, 4.69) is 54.6 Å². The van der Waals surface area contributed by atoms with Crippen molar-refractivity contribution in [1.29, 1.82) is 0 Å². The molecular weight excluding hydrogens is 384 g/mol. The summed E-state index contributed by atoms with van der Waals surface area (Å²) in [6, 6.07) is 6.33. The number of hydrogen-bond donors (Lipinski definition) is 2. The highest BCUT2D eigenvalue weighted by atomic mass is 32.1. The Morgan fingerprint density at radius 1 is 1.34 bits per heavy atom. The lowest BCUT2D eigenvalue weighted by molar-refractivity contribution is 0.140. The van der Waals surface area contributed by atoms with Gasteiger partial charge in [-0.15, -0.1) is 11.3 Å². The second kappa shape index (κ2) is 10.6. The molecule has 1 saturated heterocycles. The topological polar surface area (TPSA) is 67.8 Å². The molecule has 2 N–H and O–H groups in total. The summed E-state index contributed by atoms with van der Waals surface area (Å²) in [6.45, 7) is 9.27. The molecule has 1 unspecified atom stereocenters. The zero-order valence-corrected chi connectivity index (χ0v) is 18.7. The lowest BCUT2D eigenvalue weighted by Crippen LogP contribution is -2.38. The zero-order valence-electron chi connectivity index (χ0n) is 17.9. The lowest BCUT2D eigenvalue weighted by Gasteiger charge is -2.18. The van der Waals surface area contributed by atoms with E-state index in [0.717, 1.165) is 49.7 Å². The minimum atomic E-state index is 0.141. The lowest BCUT2D eigenvalue weighted by atomic mass is 10.1. The van der Waals surface area contributed by atoms with Crippen molar-refractivity contribution in [2.24, 2.45) is 4.99 Å². The van der Waals surface area contributed by atoms with Crippen LogP contribution in [0, 0.1) is 13.8 Å². The van der Waals surface area contributed by atoms with Crippen LogP contribution in [0.4, 0.5) is 0 Å². The van der Waals surface area contributed by atoms with Crippen LogP contribution in [0.5, 0.6) is 5.75 Å². The maximum absolute atomic E-state index is 6.18. The number of nitrogens with zero attached hydrogens (tertiary/aromatic N) is 2. The van der Waals surface area contributed by atoms with Gasteiger partial charge in [0.05, 0.1) is 23.9 Å². The number of hydrogen-bond acceptors (Lipinski definition) is 5. The van der Waals surface area contributed by atoms with E-state index in [-0.39, 0.29) is 6.10 Å². The average Bonchev–Trinajstić information content (AvgIpc) is 3.35. The van der Waals surface area contributed by atoms with E-state index in [1.165, 1.54) is 21.1 Å². The van der Waals surface area contributed by atoms with E-state index in [1.807, 2.05) is 0 Å². The Labute approximate surface area is 177 Å². The molecule has 0 amide bonds. The van der Waals surface area contributed by atoms with Gasteiger partial charge in [0.1, 0.15) is 11.9 Å². The summed E-state index contributed by atoms with van der Waals surface area (Å²) < 4.78 is 11.6. The number of nitrogens with one attached hydrogen (secondary N) is 2. The molecule has 29 heavy (non-hydrogen) atoms. The van der Waals surface area contributed by atoms with Gasteiger partial charge < -0.3 is 20.1 Å². The van der Waals surface area contributed by atoms with Gasteiger partial charge in [0, 0.05) is 43.4 Å². The maximum atomic E-state index is 6.18. The Morgan fingerprint density at radius 3 is 2.90 bits per heavy atom. The van der Waals surface area contributed by atoms with Crippen molar-refractivity contribution in [3.05, 3.63) is 44.9 Å². The average molecular weight is 417 g/mol. The molecule has 2 heterocycles. The Bertz CT molecular complexity index is 828. The molecule has 1 aliphatic rings. The number of aromatic nitrogens is 1. The van der Waals surface area contributed by atoms with Crippen LogP contribution in [0.25, 0.3) is 0 Å². The number of aliphatic imine (C=N–C) groups is 1. The number of ether oxygens (including phenoxy) is 2. The molecule has 0 aliphatic carbocycles. The van der Waals surface area contributed by atoms with Crippen molar-refractivity contribution >= 4 is 17.3 Å². The molecule has 6 nitrogen and oxygen atoms in total. The molecule has 2 aromatic rings. The SMILES string of the molecule is CCc1nc(CCNC(=NC)NCc2ccc(C)cc2OC2CCOC2)sc1C. The van der Waals surface area contributed by atoms with Crippen molar-refractivity contribution in [2.75, 3.05) is 26.8 Å². The van der Waals surface area contributed by atoms with Crippen molar-refractivity contribution in [1.82, 2.24) is 15.6 Å². The van der Waals surface area contributed by atoms with Gasteiger partial charge in [-0.3, -0.25) is 4.99 Å². The number of rotatable bonds is 8. The summed E-state index contributed by atoms with van der Waals surface area (Å²) in [5, 5.41) is 7.95.